The summed E-state index contributed by atoms with van der Waals surface area (Å²) in [7, 11) is -1.62. The second-order valence-electron chi connectivity index (χ2n) is 6.41. The summed E-state index contributed by atoms with van der Waals surface area (Å²) in [5.41, 5.74) is 0. The van der Waals surface area contributed by atoms with Gasteiger partial charge in [0, 0.05) is 12.5 Å². The normalized spacial score (nSPS) is 16.8. The van der Waals surface area contributed by atoms with E-state index in [2.05, 4.69) is 40.4 Å². The van der Waals surface area contributed by atoms with Crippen molar-refractivity contribution < 1.29 is 9.53 Å². The third-order valence-corrected chi connectivity index (χ3v) is 8.34. The molecular formula is C15H30O2Si. The Morgan fingerprint density at radius 1 is 1.33 bits per heavy atom. The minimum Gasteiger partial charge on any atom is -0.417 e. The number of hydrogen-bond donors (Lipinski definition) is 1. The van der Waals surface area contributed by atoms with Crippen molar-refractivity contribution in [2.24, 2.45) is 5.92 Å². The number of rotatable bonds is 7. The van der Waals surface area contributed by atoms with E-state index in [0.29, 0.717) is 0 Å². The van der Waals surface area contributed by atoms with Crippen LogP contribution in [0.15, 0.2) is 24.8 Å². The molecule has 3 heteroatoms. The Balaban J connectivity index is 4.01. The fraction of sp³-hybridized carbons (Fsp3) is 0.733. The van der Waals surface area contributed by atoms with Crippen molar-refractivity contribution in [1.82, 2.24) is 0 Å². The summed E-state index contributed by atoms with van der Waals surface area (Å²) in [6.45, 7) is 17.6. The summed E-state index contributed by atoms with van der Waals surface area (Å²) in [5, 5.41) is 9.97. The van der Waals surface area contributed by atoms with Gasteiger partial charge in [0.1, 0.15) is 0 Å². The molecule has 0 aliphatic rings. The molecule has 0 aromatic rings. The summed E-state index contributed by atoms with van der Waals surface area (Å²) in [6, 6.07) is 0. The van der Waals surface area contributed by atoms with E-state index in [1.165, 1.54) is 0 Å². The van der Waals surface area contributed by atoms with Gasteiger partial charge in [-0.2, -0.15) is 0 Å². The zero-order chi connectivity index (χ0) is 14.4. The van der Waals surface area contributed by atoms with E-state index in [1.54, 1.807) is 6.08 Å². The largest absolute Gasteiger partial charge is 0.417 e. The maximum atomic E-state index is 9.72. The SMILES string of the molecule is C=CC(C)C(O)/C=C/CCO[Si](C)(C)C(C)(C)C. The van der Waals surface area contributed by atoms with Crippen LogP contribution in [0.3, 0.4) is 0 Å². The zero-order valence-corrected chi connectivity index (χ0v) is 13.9. The van der Waals surface area contributed by atoms with Gasteiger partial charge in [-0.1, -0.05) is 45.9 Å². The Kier molecular flexibility index (Phi) is 7.11. The monoisotopic (exact) mass is 270 g/mol. The first-order valence-corrected chi connectivity index (χ1v) is 9.64. The zero-order valence-electron chi connectivity index (χ0n) is 12.9. The summed E-state index contributed by atoms with van der Waals surface area (Å²) in [6.07, 6.45) is 6.02. The summed E-state index contributed by atoms with van der Waals surface area (Å²) >= 11 is 0. The smallest absolute Gasteiger partial charge is 0.191 e. The van der Waals surface area contributed by atoms with Crippen molar-refractivity contribution in [3.8, 4) is 0 Å². The maximum Gasteiger partial charge on any atom is 0.191 e. The van der Waals surface area contributed by atoms with Crippen molar-refractivity contribution in [2.75, 3.05) is 6.61 Å². The van der Waals surface area contributed by atoms with Gasteiger partial charge in [-0.3, -0.25) is 0 Å². The Labute approximate surface area is 114 Å². The molecule has 0 spiro atoms. The lowest BCUT2D eigenvalue weighted by Crippen LogP contribution is -2.40. The average molecular weight is 270 g/mol. The third-order valence-electron chi connectivity index (χ3n) is 3.80. The molecule has 0 bridgehead atoms. The van der Waals surface area contributed by atoms with Gasteiger partial charge in [-0.25, -0.2) is 0 Å². The average Bonchev–Trinajstić information content (AvgIpc) is 2.25. The molecule has 0 radical (unpaired) electrons. The maximum absolute atomic E-state index is 9.72. The molecular weight excluding hydrogens is 240 g/mol. The Morgan fingerprint density at radius 2 is 1.89 bits per heavy atom. The van der Waals surface area contributed by atoms with E-state index >= 15 is 0 Å². The molecule has 2 atom stereocenters. The van der Waals surface area contributed by atoms with E-state index in [1.807, 2.05) is 19.1 Å². The molecule has 2 nitrogen and oxygen atoms in total. The van der Waals surface area contributed by atoms with Crippen LogP contribution in [0.25, 0.3) is 0 Å². The van der Waals surface area contributed by atoms with Crippen LogP contribution in [-0.2, 0) is 4.43 Å². The van der Waals surface area contributed by atoms with Gasteiger partial charge in [-0.15, -0.1) is 6.58 Å². The molecule has 18 heavy (non-hydrogen) atoms. The first kappa shape index (κ1) is 17.6. The summed E-state index contributed by atoms with van der Waals surface area (Å²) in [4.78, 5) is 0. The first-order chi connectivity index (χ1) is 8.12. The Hall–Kier alpha value is -0.383. The van der Waals surface area contributed by atoms with Crippen molar-refractivity contribution in [2.45, 2.75) is 58.4 Å². The molecule has 106 valence electrons. The molecule has 0 saturated heterocycles. The minimum atomic E-state index is -1.62. The molecule has 0 amide bonds. The van der Waals surface area contributed by atoms with Gasteiger partial charge >= 0.3 is 0 Å². The summed E-state index contributed by atoms with van der Waals surface area (Å²) < 4.78 is 6.05. The van der Waals surface area contributed by atoms with Crippen LogP contribution in [0.1, 0.15) is 34.1 Å². The number of hydrogen-bond acceptors (Lipinski definition) is 2. The lowest BCUT2D eigenvalue weighted by atomic mass is 10.0. The van der Waals surface area contributed by atoms with E-state index in [9.17, 15) is 5.11 Å². The van der Waals surface area contributed by atoms with Crippen molar-refractivity contribution >= 4 is 8.32 Å². The predicted molar refractivity (Wildman–Crippen MR) is 82.3 cm³/mol. The summed E-state index contributed by atoms with van der Waals surface area (Å²) in [5.74, 6) is 0.0996. The second kappa shape index (κ2) is 7.27. The van der Waals surface area contributed by atoms with Crippen LogP contribution < -0.4 is 0 Å². The molecule has 0 heterocycles. The lowest BCUT2D eigenvalue weighted by Gasteiger charge is -2.36. The number of aliphatic hydroxyl groups is 1. The molecule has 0 aliphatic heterocycles. The van der Waals surface area contributed by atoms with Crippen molar-refractivity contribution in [3.05, 3.63) is 24.8 Å². The standard InChI is InChI=1S/C15H30O2Si/c1-8-13(2)14(16)11-9-10-12-17-18(6,7)15(3,4)5/h8-9,11,13-14,16H,1,10,12H2,2-7H3/b11-9+. The molecule has 0 rings (SSSR count). The number of aliphatic hydroxyl groups excluding tert-OH is 1. The molecule has 2 unspecified atom stereocenters. The van der Waals surface area contributed by atoms with Crippen LogP contribution in [-0.4, -0.2) is 26.1 Å². The van der Waals surface area contributed by atoms with Gasteiger partial charge in [0.25, 0.3) is 0 Å². The predicted octanol–water partition coefficient (Wildman–Crippen LogP) is 4.14. The van der Waals surface area contributed by atoms with Gasteiger partial charge in [-0.05, 0) is 24.6 Å². The Bertz CT molecular complexity index is 277. The van der Waals surface area contributed by atoms with E-state index in [-0.39, 0.29) is 11.0 Å². The molecule has 0 aliphatic carbocycles. The van der Waals surface area contributed by atoms with Crippen LogP contribution >= 0.6 is 0 Å². The van der Waals surface area contributed by atoms with Crippen LogP contribution in [0.2, 0.25) is 18.1 Å². The van der Waals surface area contributed by atoms with Gasteiger partial charge in [0.05, 0.1) is 6.10 Å². The highest BCUT2D eigenvalue weighted by atomic mass is 28.4. The highest BCUT2D eigenvalue weighted by molar-refractivity contribution is 6.74. The highest BCUT2D eigenvalue weighted by Crippen LogP contribution is 2.36. The van der Waals surface area contributed by atoms with E-state index < -0.39 is 14.4 Å². The quantitative estimate of drug-likeness (QED) is 0.428. The Morgan fingerprint density at radius 3 is 2.33 bits per heavy atom. The lowest BCUT2D eigenvalue weighted by molar-refractivity contribution is 0.185. The fourth-order valence-electron chi connectivity index (χ4n) is 1.15. The van der Waals surface area contributed by atoms with Gasteiger partial charge in [0.15, 0.2) is 8.32 Å². The van der Waals surface area contributed by atoms with E-state index in [0.717, 1.165) is 13.0 Å². The van der Waals surface area contributed by atoms with E-state index in [4.69, 9.17) is 4.43 Å². The fourth-order valence-corrected chi connectivity index (χ4v) is 2.21. The van der Waals surface area contributed by atoms with Crippen molar-refractivity contribution in [3.63, 3.8) is 0 Å². The first-order valence-electron chi connectivity index (χ1n) is 6.73. The van der Waals surface area contributed by atoms with Crippen LogP contribution in [0, 0.1) is 5.92 Å². The molecule has 0 aromatic carbocycles. The van der Waals surface area contributed by atoms with Gasteiger partial charge < -0.3 is 9.53 Å². The molecule has 0 aromatic heterocycles. The van der Waals surface area contributed by atoms with Gasteiger partial charge in [0.2, 0.25) is 0 Å². The van der Waals surface area contributed by atoms with Crippen LogP contribution in [0.5, 0.6) is 0 Å². The topological polar surface area (TPSA) is 29.5 Å². The molecule has 0 saturated carbocycles. The third kappa shape index (κ3) is 5.98. The van der Waals surface area contributed by atoms with Crippen LogP contribution in [0.4, 0.5) is 0 Å². The molecule has 1 N–H and O–H groups in total. The van der Waals surface area contributed by atoms with Crippen molar-refractivity contribution in [1.29, 1.82) is 0 Å². The minimum absolute atomic E-state index is 0.0996. The highest BCUT2D eigenvalue weighted by Gasteiger charge is 2.36. The molecule has 0 fully saturated rings. The second-order valence-corrected chi connectivity index (χ2v) is 11.2.